The van der Waals surface area contributed by atoms with Gasteiger partial charge >= 0.3 is 11.9 Å². The van der Waals surface area contributed by atoms with Gasteiger partial charge in [0.2, 0.25) is 0 Å². The van der Waals surface area contributed by atoms with E-state index in [1.807, 2.05) is 24.3 Å². The number of fused-ring (bicyclic) bond motifs is 1. The number of carbonyl (C=O) groups is 3. The highest BCUT2D eigenvalue weighted by atomic mass is 16.5. The Balaban J connectivity index is 0.000000440. The summed E-state index contributed by atoms with van der Waals surface area (Å²) in [7, 11) is 0. The van der Waals surface area contributed by atoms with E-state index in [0.717, 1.165) is 25.1 Å². The lowest BCUT2D eigenvalue weighted by atomic mass is 10.1. The fraction of sp³-hybridized carbons (Fsp3) is 0.240. The molecule has 0 saturated carbocycles. The number of carbonyl (C=O) groups excluding carboxylic acids is 1. The van der Waals surface area contributed by atoms with Gasteiger partial charge in [-0.05, 0) is 48.7 Å². The van der Waals surface area contributed by atoms with Gasteiger partial charge in [-0.25, -0.2) is 5.48 Å². The van der Waals surface area contributed by atoms with Crippen molar-refractivity contribution >= 4 is 34.8 Å². The number of aromatic amines is 1. The zero-order chi connectivity index (χ0) is 24.9. The average molecular weight is 468 g/mol. The Kier molecular flexibility index (Phi) is 10.5. The molecule has 3 aromatic rings. The molecule has 0 atom stereocenters. The second kappa shape index (κ2) is 13.6. The lowest BCUT2D eigenvalue weighted by molar-refractivity contribution is -0.143. The Hall–Kier alpha value is -3.95. The zero-order valence-corrected chi connectivity index (χ0v) is 18.9. The van der Waals surface area contributed by atoms with Gasteiger partial charge in [-0.1, -0.05) is 42.5 Å². The number of amides is 1. The van der Waals surface area contributed by atoms with E-state index in [1.165, 1.54) is 33.8 Å². The Bertz CT molecular complexity index is 1120. The summed E-state index contributed by atoms with van der Waals surface area (Å²) in [6.07, 6.45) is 3.33. The molecule has 9 heteroatoms. The van der Waals surface area contributed by atoms with E-state index in [2.05, 4.69) is 41.5 Å². The topological polar surface area (TPSA) is 152 Å². The molecule has 0 fully saturated rings. The number of para-hydroxylation sites is 1. The van der Waals surface area contributed by atoms with Gasteiger partial charge in [-0.2, -0.15) is 0 Å². The second-order valence-electron chi connectivity index (χ2n) is 7.54. The van der Waals surface area contributed by atoms with Gasteiger partial charge in [0.1, 0.15) is 0 Å². The average Bonchev–Trinajstić information content (AvgIpc) is 3.15. The van der Waals surface area contributed by atoms with E-state index < -0.39 is 17.8 Å². The lowest BCUT2D eigenvalue weighted by Crippen LogP contribution is -2.16. The van der Waals surface area contributed by atoms with Crippen LogP contribution in [0.4, 0.5) is 0 Å². The number of aliphatic carboxylic acids is 2. The molecule has 0 aliphatic carbocycles. The van der Waals surface area contributed by atoms with E-state index in [1.54, 1.807) is 11.6 Å². The molecule has 1 heterocycles. The largest absolute Gasteiger partial charge is 0.481 e. The molecule has 180 valence electrons. The van der Waals surface area contributed by atoms with Crippen LogP contribution in [-0.4, -0.2) is 44.8 Å². The lowest BCUT2D eigenvalue weighted by Gasteiger charge is -2.06. The minimum Gasteiger partial charge on any atom is -0.481 e. The molecular formula is C25H29N3O6. The van der Waals surface area contributed by atoms with E-state index in [4.69, 9.17) is 15.4 Å². The van der Waals surface area contributed by atoms with Crippen LogP contribution in [0.3, 0.4) is 0 Å². The normalized spacial score (nSPS) is 10.6. The summed E-state index contributed by atoms with van der Waals surface area (Å²) in [6, 6.07) is 16.4. The van der Waals surface area contributed by atoms with Gasteiger partial charge in [0.15, 0.2) is 0 Å². The quantitative estimate of drug-likeness (QED) is 0.116. The van der Waals surface area contributed by atoms with E-state index in [0.29, 0.717) is 0 Å². The first-order valence-corrected chi connectivity index (χ1v) is 10.7. The summed E-state index contributed by atoms with van der Waals surface area (Å²) < 4.78 is 0. The van der Waals surface area contributed by atoms with Crippen molar-refractivity contribution in [1.29, 1.82) is 0 Å². The number of hydrogen-bond donors (Lipinski definition) is 6. The number of hydrogen-bond acceptors (Lipinski definition) is 5. The number of rotatable bonds is 10. The van der Waals surface area contributed by atoms with Crippen LogP contribution in [0.2, 0.25) is 0 Å². The first-order chi connectivity index (χ1) is 16.3. The Morgan fingerprint density at radius 3 is 2.24 bits per heavy atom. The van der Waals surface area contributed by atoms with Crippen LogP contribution in [-0.2, 0) is 27.3 Å². The first kappa shape index (κ1) is 26.3. The molecule has 0 aliphatic heterocycles. The molecular weight excluding hydrogens is 438 g/mol. The number of H-pyrrole nitrogens is 1. The van der Waals surface area contributed by atoms with E-state index in [-0.39, 0.29) is 12.8 Å². The molecule has 0 saturated heterocycles. The summed E-state index contributed by atoms with van der Waals surface area (Å²) in [5, 5.41) is 29.0. The molecule has 9 nitrogen and oxygen atoms in total. The van der Waals surface area contributed by atoms with Gasteiger partial charge in [-0.3, -0.25) is 19.6 Å². The molecule has 1 amide bonds. The third-order valence-corrected chi connectivity index (χ3v) is 4.98. The molecule has 0 radical (unpaired) electrons. The van der Waals surface area contributed by atoms with Crippen molar-refractivity contribution in [3.8, 4) is 0 Å². The molecule has 34 heavy (non-hydrogen) atoms. The second-order valence-corrected chi connectivity index (χ2v) is 7.54. The van der Waals surface area contributed by atoms with E-state index in [9.17, 15) is 14.4 Å². The fourth-order valence-corrected chi connectivity index (χ4v) is 3.27. The highest BCUT2D eigenvalue weighted by Crippen LogP contribution is 2.21. The number of carboxylic acid groups (broad SMARTS) is 2. The maximum Gasteiger partial charge on any atom is 0.303 e. The van der Waals surface area contributed by atoms with Gasteiger partial charge < -0.3 is 20.5 Å². The number of aryl methyl sites for hydroxylation is 1. The van der Waals surface area contributed by atoms with Crippen molar-refractivity contribution in [1.82, 2.24) is 15.8 Å². The smallest absolute Gasteiger partial charge is 0.303 e. The number of carboxylic acids is 2. The van der Waals surface area contributed by atoms with Crippen molar-refractivity contribution in [3.63, 3.8) is 0 Å². The summed E-state index contributed by atoms with van der Waals surface area (Å²) in [6.45, 7) is 3.82. The number of aromatic nitrogens is 1. The van der Waals surface area contributed by atoms with Crippen molar-refractivity contribution in [2.75, 3.05) is 6.54 Å². The molecule has 6 N–H and O–H groups in total. The number of hydroxylamine groups is 1. The Labute approximate surface area is 197 Å². The third-order valence-electron chi connectivity index (χ3n) is 4.98. The van der Waals surface area contributed by atoms with Crippen LogP contribution in [0.5, 0.6) is 0 Å². The highest BCUT2D eigenvalue weighted by Gasteiger charge is 2.07. The molecule has 2 aromatic carbocycles. The van der Waals surface area contributed by atoms with Crippen LogP contribution in [0.25, 0.3) is 17.0 Å². The first-order valence-electron chi connectivity index (χ1n) is 10.7. The van der Waals surface area contributed by atoms with Crippen molar-refractivity contribution < 1.29 is 29.8 Å². The van der Waals surface area contributed by atoms with Gasteiger partial charge in [0, 0.05) is 29.2 Å². The molecule has 1 aromatic heterocycles. The minimum atomic E-state index is -1.08. The van der Waals surface area contributed by atoms with Gasteiger partial charge in [-0.15, -0.1) is 0 Å². The van der Waals surface area contributed by atoms with E-state index >= 15 is 0 Å². The summed E-state index contributed by atoms with van der Waals surface area (Å²) in [5.41, 5.74) is 7.46. The predicted molar refractivity (Wildman–Crippen MR) is 128 cm³/mol. The summed E-state index contributed by atoms with van der Waals surface area (Å²) in [5.74, 6) is -2.69. The third kappa shape index (κ3) is 8.89. The molecule has 0 bridgehead atoms. The Morgan fingerprint density at radius 1 is 0.971 bits per heavy atom. The van der Waals surface area contributed by atoms with Crippen LogP contribution < -0.4 is 10.8 Å². The fourth-order valence-electron chi connectivity index (χ4n) is 3.27. The standard InChI is InChI=1S/C21H23N3O2.C4H6O4/c1-15-18(19-4-2-3-5-20(19)23-15)12-13-22-14-17-8-6-16(7-9-17)10-11-21(25)24-26;5-3(6)1-2-4(7)8/h2-11,22-23,26H,12-14H2,1H3,(H,24,25);1-2H2,(H,5,6)(H,7,8)/b11-10+;. The van der Waals surface area contributed by atoms with Gasteiger partial charge in [0.25, 0.3) is 5.91 Å². The summed E-state index contributed by atoms with van der Waals surface area (Å²) >= 11 is 0. The predicted octanol–water partition coefficient (Wildman–Crippen LogP) is 3.26. The van der Waals surface area contributed by atoms with Crippen LogP contribution in [0.15, 0.2) is 54.6 Å². The van der Waals surface area contributed by atoms with Crippen LogP contribution >= 0.6 is 0 Å². The molecule has 0 aliphatic rings. The monoisotopic (exact) mass is 467 g/mol. The van der Waals surface area contributed by atoms with Crippen LogP contribution in [0, 0.1) is 6.92 Å². The Morgan fingerprint density at radius 2 is 1.62 bits per heavy atom. The molecule has 0 unspecified atom stereocenters. The minimum absolute atomic E-state index is 0.296. The summed E-state index contributed by atoms with van der Waals surface area (Å²) in [4.78, 5) is 33.7. The van der Waals surface area contributed by atoms with Gasteiger partial charge in [0.05, 0.1) is 12.8 Å². The highest BCUT2D eigenvalue weighted by molar-refractivity contribution is 5.90. The number of benzene rings is 2. The number of nitrogens with one attached hydrogen (secondary N) is 3. The van der Waals surface area contributed by atoms with Crippen LogP contribution in [0.1, 0.15) is 35.2 Å². The molecule has 0 spiro atoms. The van der Waals surface area contributed by atoms with Crippen molar-refractivity contribution in [2.24, 2.45) is 0 Å². The zero-order valence-electron chi connectivity index (χ0n) is 18.9. The van der Waals surface area contributed by atoms with Crippen molar-refractivity contribution in [2.45, 2.75) is 32.7 Å². The SMILES string of the molecule is Cc1[nH]c2ccccc2c1CCNCc1ccc(/C=C/C(=O)NO)cc1.O=C(O)CCC(=O)O. The molecule has 3 rings (SSSR count). The maximum atomic E-state index is 11.0. The van der Waals surface area contributed by atoms with Crippen molar-refractivity contribution in [3.05, 3.63) is 77.0 Å². The maximum absolute atomic E-state index is 11.0.